The number of benzene rings is 3. The third kappa shape index (κ3) is 3.17. The van der Waals surface area contributed by atoms with Crippen molar-refractivity contribution in [2.75, 3.05) is 7.05 Å². The van der Waals surface area contributed by atoms with Gasteiger partial charge in [0.25, 0.3) is 0 Å². The van der Waals surface area contributed by atoms with Gasteiger partial charge in [-0.25, -0.2) is 0 Å². The fourth-order valence-corrected chi connectivity index (χ4v) is 7.74. The minimum absolute atomic E-state index is 0.00231. The number of rotatable bonds is 4. The normalized spacial score (nSPS) is 21.0. The molecule has 1 heterocycles. The molecule has 4 heteroatoms. The van der Waals surface area contributed by atoms with Gasteiger partial charge in [-0.1, -0.05) is 103 Å². The molecule has 132 valence electrons. The van der Waals surface area contributed by atoms with Gasteiger partial charge in [0.05, 0.1) is 6.04 Å². The Bertz CT molecular complexity index is 858. The molecule has 3 aromatic rings. The summed E-state index contributed by atoms with van der Waals surface area (Å²) >= 11 is 6.41. The summed E-state index contributed by atoms with van der Waals surface area (Å²) < 4.78 is 0. The third-order valence-electron chi connectivity index (χ3n) is 5.02. The molecular formula is C22H22NOPS. The minimum atomic E-state index is -2.10. The molecular weight excluding hydrogens is 357 g/mol. The average molecular weight is 379 g/mol. The van der Waals surface area contributed by atoms with Gasteiger partial charge in [-0.3, -0.25) is 4.84 Å². The quantitative estimate of drug-likeness (QED) is 0.622. The Morgan fingerprint density at radius 2 is 1.27 bits per heavy atom. The highest BCUT2D eigenvalue weighted by atomic mass is 32.4. The van der Waals surface area contributed by atoms with Crippen LogP contribution in [0.25, 0.3) is 0 Å². The average Bonchev–Trinajstić information content (AvgIpc) is 3.11. The van der Waals surface area contributed by atoms with Crippen LogP contribution in [0.5, 0.6) is 0 Å². The van der Waals surface area contributed by atoms with Crippen LogP contribution in [0.2, 0.25) is 0 Å². The summed E-state index contributed by atoms with van der Waals surface area (Å²) in [4.78, 5) is 6.38. The Hall–Kier alpha value is -1.77. The topological polar surface area (TPSA) is 12.5 Å². The Labute approximate surface area is 160 Å². The number of hydroxylamine groups is 2. The van der Waals surface area contributed by atoms with E-state index in [4.69, 9.17) is 16.6 Å². The van der Waals surface area contributed by atoms with E-state index in [1.807, 2.05) is 24.2 Å². The van der Waals surface area contributed by atoms with Gasteiger partial charge in [-0.2, -0.15) is 5.06 Å². The predicted octanol–water partition coefficient (Wildman–Crippen LogP) is 4.45. The van der Waals surface area contributed by atoms with E-state index in [1.165, 1.54) is 16.2 Å². The molecule has 0 aromatic heterocycles. The molecule has 0 unspecified atom stereocenters. The van der Waals surface area contributed by atoms with Crippen molar-refractivity contribution in [2.24, 2.45) is 0 Å². The van der Waals surface area contributed by atoms with E-state index >= 15 is 0 Å². The monoisotopic (exact) mass is 379 g/mol. The molecule has 0 aliphatic carbocycles. The molecule has 1 aliphatic heterocycles. The Balaban J connectivity index is 1.76. The lowest BCUT2D eigenvalue weighted by Gasteiger charge is -2.28. The maximum atomic E-state index is 6.41. The summed E-state index contributed by atoms with van der Waals surface area (Å²) in [7, 11) is 2.02. The first-order chi connectivity index (χ1) is 12.7. The Kier molecular flexibility index (Phi) is 5.06. The summed E-state index contributed by atoms with van der Waals surface area (Å²) in [5.74, 6) is -0.00231. The fraction of sp³-hybridized carbons (Fsp3) is 0.182. The van der Waals surface area contributed by atoms with Crippen molar-refractivity contribution < 1.29 is 4.84 Å². The van der Waals surface area contributed by atoms with Crippen molar-refractivity contribution in [3.8, 4) is 0 Å². The highest BCUT2D eigenvalue weighted by molar-refractivity contribution is 8.22. The molecule has 0 radical (unpaired) electrons. The fourth-order valence-electron chi connectivity index (χ4n) is 3.66. The van der Waals surface area contributed by atoms with Crippen LogP contribution < -0.4 is 10.6 Å². The van der Waals surface area contributed by atoms with Gasteiger partial charge in [0.2, 0.25) is 0 Å². The van der Waals surface area contributed by atoms with Crippen LogP contribution in [0.15, 0.2) is 91.0 Å². The molecule has 0 N–H and O–H groups in total. The second-order valence-electron chi connectivity index (χ2n) is 6.60. The summed E-state index contributed by atoms with van der Waals surface area (Å²) in [6.45, 7) is 0. The molecule has 0 spiro atoms. The largest absolute Gasteiger partial charge is 0.289 e. The molecule has 2 nitrogen and oxygen atoms in total. The maximum Gasteiger partial charge on any atom is 0.117 e. The molecule has 3 aromatic carbocycles. The van der Waals surface area contributed by atoms with Crippen molar-refractivity contribution in [3.05, 3.63) is 96.6 Å². The van der Waals surface area contributed by atoms with Gasteiger partial charge in [0.1, 0.15) is 5.85 Å². The molecule has 0 bridgehead atoms. The van der Waals surface area contributed by atoms with Crippen LogP contribution in [0.1, 0.15) is 18.0 Å². The van der Waals surface area contributed by atoms with Crippen LogP contribution in [0.3, 0.4) is 0 Å². The second-order valence-corrected chi connectivity index (χ2v) is 11.3. The summed E-state index contributed by atoms with van der Waals surface area (Å²) in [6, 6.07) is 29.7. The van der Waals surface area contributed by atoms with E-state index in [0.717, 1.165) is 6.42 Å². The van der Waals surface area contributed by atoms with Crippen molar-refractivity contribution in [3.63, 3.8) is 0 Å². The molecule has 1 fully saturated rings. The van der Waals surface area contributed by atoms with E-state index in [1.54, 1.807) is 0 Å². The van der Waals surface area contributed by atoms with Crippen LogP contribution in [-0.4, -0.2) is 18.0 Å². The van der Waals surface area contributed by atoms with Crippen LogP contribution in [0, 0.1) is 0 Å². The van der Waals surface area contributed by atoms with Gasteiger partial charge >= 0.3 is 0 Å². The smallest absolute Gasteiger partial charge is 0.117 e. The van der Waals surface area contributed by atoms with E-state index in [0.29, 0.717) is 0 Å². The summed E-state index contributed by atoms with van der Waals surface area (Å²) in [6.07, 6.45) is 0.904. The number of nitrogens with zero attached hydrogens (tertiary/aromatic N) is 1. The SMILES string of the molecule is CN1O[C@@H](P(=S)(c2ccccc2)c2ccccc2)C[C@H]1c1ccccc1. The van der Waals surface area contributed by atoms with Gasteiger partial charge < -0.3 is 0 Å². The van der Waals surface area contributed by atoms with E-state index in [2.05, 4.69) is 78.9 Å². The van der Waals surface area contributed by atoms with Crippen molar-refractivity contribution in [2.45, 2.75) is 18.3 Å². The van der Waals surface area contributed by atoms with Crippen molar-refractivity contribution >= 4 is 28.5 Å². The van der Waals surface area contributed by atoms with Crippen LogP contribution in [0.4, 0.5) is 0 Å². The van der Waals surface area contributed by atoms with Crippen molar-refractivity contribution in [1.82, 2.24) is 5.06 Å². The molecule has 1 saturated heterocycles. The zero-order valence-corrected chi connectivity index (χ0v) is 16.4. The molecule has 2 atom stereocenters. The highest BCUT2D eigenvalue weighted by Crippen LogP contribution is 2.55. The maximum absolute atomic E-state index is 6.41. The van der Waals surface area contributed by atoms with Crippen LogP contribution >= 0.6 is 6.04 Å². The lowest BCUT2D eigenvalue weighted by atomic mass is 10.1. The van der Waals surface area contributed by atoms with Crippen LogP contribution in [-0.2, 0) is 16.6 Å². The Morgan fingerprint density at radius 1 is 0.808 bits per heavy atom. The van der Waals surface area contributed by atoms with E-state index < -0.39 is 6.04 Å². The van der Waals surface area contributed by atoms with Gasteiger partial charge in [0.15, 0.2) is 0 Å². The minimum Gasteiger partial charge on any atom is -0.289 e. The molecule has 0 amide bonds. The number of hydrogen-bond donors (Lipinski definition) is 0. The standard InChI is InChI=1S/C22H22NOPS/c1-23-21(18-11-5-2-6-12-18)17-22(24-23)25(26,19-13-7-3-8-14-19)20-15-9-4-10-16-20/h2-16,21-22H,17H2,1H3/t21-,22-/m0/s1. The first kappa shape index (κ1) is 17.6. The predicted molar refractivity (Wildman–Crippen MR) is 113 cm³/mol. The van der Waals surface area contributed by atoms with Gasteiger partial charge in [-0.05, 0) is 16.2 Å². The first-order valence-corrected chi connectivity index (χ1v) is 11.7. The highest BCUT2D eigenvalue weighted by Gasteiger charge is 2.42. The number of hydrogen-bond acceptors (Lipinski definition) is 3. The first-order valence-electron chi connectivity index (χ1n) is 8.85. The molecule has 4 rings (SSSR count). The van der Waals surface area contributed by atoms with Gasteiger partial charge in [0, 0.05) is 19.5 Å². The zero-order valence-electron chi connectivity index (χ0n) is 14.7. The lowest BCUT2D eigenvalue weighted by molar-refractivity contribution is -0.121. The van der Waals surface area contributed by atoms with Crippen molar-refractivity contribution in [1.29, 1.82) is 0 Å². The zero-order chi connectivity index (χ0) is 18.0. The second kappa shape index (κ2) is 7.46. The van der Waals surface area contributed by atoms with Gasteiger partial charge in [-0.15, -0.1) is 0 Å². The van der Waals surface area contributed by atoms with E-state index in [-0.39, 0.29) is 11.9 Å². The molecule has 26 heavy (non-hydrogen) atoms. The third-order valence-corrected chi connectivity index (χ3v) is 10.2. The Morgan fingerprint density at radius 3 is 1.77 bits per heavy atom. The molecule has 1 aliphatic rings. The summed E-state index contributed by atoms with van der Waals surface area (Å²) in [5.41, 5.74) is 1.28. The van der Waals surface area contributed by atoms with E-state index in [9.17, 15) is 0 Å². The molecule has 0 saturated carbocycles. The summed E-state index contributed by atoms with van der Waals surface area (Å²) in [5, 5.41) is 4.43. The lowest BCUT2D eigenvalue weighted by Crippen LogP contribution is -2.26.